The van der Waals surface area contributed by atoms with Crippen molar-refractivity contribution in [1.29, 1.82) is 0 Å². The number of likely N-dealkylation sites (N-methyl/N-ethyl adjacent to an activating group) is 2. The van der Waals surface area contributed by atoms with Gasteiger partial charge < -0.3 is 9.69 Å². The van der Waals surface area contributed by atoms with Crippen molar-refractivity contribution in [3.05, 3.63) is 0 Å². The second-order valence-electron chi connectivity index (χ2n) is 2.37. The lowest BCUT2D eigenvalue weighted by molar-refractivity contribution is -0.130. The highest BCUT2D eigenvalue weighted by molar-refractivity contribution is 6.11. The summed E-state index contributed by atoms with van der Waals surface area (Å²) in [6.45, 7) is 0. The quantitative estimate of drug-likeness (QED) is 0.280. The molecule has 0 aromatic rings. The Kier molecular flexibility index (Phi) is 1.64. The Morgan fingerprint density at radius 2 is 1.91 bits per heavy atom. The Labute approximate surface area is 63.6 Å². The number of amides is 3. The molecule has 1 rings (SSSR count). The van der Waals surface area contributed by atoms with Gasteiger partial charge >= 0.3 is 6.03 Å². The second kappa shape index (κ2) is 2.34. The van der Waals surface area contributed by atoms with Crippen molar-refractivity contribution >= 4 is 18.2 Å². The molecule has 1 aliphatic rings. The smallest absolute Gasteiger partial charge is 0.309 e. The molecule has 0 aliphatic carbocycles. The molecule has 1 fully saturated rings. The Bertz CT molecular complexity index is 226. The van der Waals surface area contributed by atoms with Crippen LogP contribution in [0.4, 0.5) is 4.79 Å². The van der Waals surface area contributed by atoms with Crippen LogP contribution < -0.4 is 0 Å². The van der Waals surface area contributed by atoms with E-state index in [1.807, 2.05) is 0 Å². The normalized spacial score (nSPS) is 24.7. The predicted octanol–water partition coefficient (Wildman–Crippen LogP) is -0.922. The van der Waals surface area contributed by atoms with Gasteiger partial charge in [-0.05, 0) is 0 Å². The molecule has 1 unspecified atom stereocenters. The number of rotatable bonds is 1. The van der Waals surface area contributed by atoms with Crippen molar-refractivity contribution in [1.82, 2.24) is 9.80 Å². The summed E-state index contributed by atoms with van der Waals surface area (Å²) in [5, 5.41) is 0. The van der Waals surface area contributed by atoms with Gasteiger partial charge in [0, 0.05) is 14.1 Å². The zero-order valence-corrected chi connectivity index (χ0v) is 6.27. The minimum atomic E-state index is -0.924. The predicted molar refractivity (Wildman–Crippen MR) is 35.8 cm³/mol. The molecule has 0 aromatic carbocycles. The number of imide groups is 1. The highest BCUT2D eigenvalue weighted by Gasteiger charge is 2.40. The third-order valence-corrected chi connectivity index (χ3v) is 1.72. The van der Waals surface area contributed by atoms with Crippen molar-refractivity contribution in [2.75, 3.05) is 14.1 Å². The minimum Gasteiger partial charge on any atom is -0.309 e. The molecule has 3 amide bonds. The van der Waals surface area contributed by atoms with E-state index in [0.29, 0.717) is 6.29 Å². The highest BCUT2D eigenvalue weighted by Crippen LogP contribution is 2.10. The van der Waals surface area contributed by atoms with Gasteiger partial charge in [0.15, 0.2) is 12.3 Å². The molecule has 0 radical (unpaired) electrons. The molecule has 1 saturated heterocycles. The molecule has 0 saturated carbocycles. The second-order valence-corrected chi connectivity index (χ2v) is 2.37. The van der Waals surface area contributed by atoms with E-state index >= 15 is 0 Å². The van der Waals surface area contributed by atoms with Crippen molar-refractivity contribution in [3.8, 4) is 0 Å². The van der Waals surface area contributed by atoms with Crippen molar-refractivity contribution in [2.45, 2.75) is 6.04 Å². The Balaban J connectivity index is 2.94. The lowest BCUT2D eigenvalue weighted by atomic mass is 10.3. The van der Waals surface area contributed by atoms with E-state index in [4.69, 9.17) is 0 Å². The lowest BCUT2D eigenvalue weighted by Crippen LogP contribution is -2.32. The molecule has 1 heterocycles. The number of carbonyl (C=O) groups is 3. The molecule has 11 heavy (non-hydrogen) atoms. The van der Waals surface area contributed by atoms with E-state index in [0.717, 1.165) is 9.80 Å². The maximum atomic E-state index is 11.0. The molecule has 0 spiro atoms. The van der Waals surface area contributed by atoms with Crippen molar-refractivity contribution < 1.29 is 14.4 Å². The fourth-order valence-electron chi connectivity index (χ4n) is 0.963. The summed E-state index contributed by atoms with van der Waals surface area (Å²) in [4.78, 5) is 34.3. The van der Waals surface area contributed by atoms with Crippen LogP contribution in [0.25, 0.3) is 0 Å². The summed E-state index contributed by atoms with van der Waals surface area (Å²) in [7, 11) is 2.77. The fraction of sp³-hybridized carbons (Fsp3) is 0.500. The Morgan fingerprint density at radius 1 is 1.36 bits per heavy atom. The van der Waals surface area contributed by atoms with Crippen LogP contribution in [-0.2, 0) is 9.59 Å². The van der Waals surface area contributed by atoms with E-state index in [1.165, 1.54) is 14.1 Å². The first-order valence-electron chi connectivity index (χ1n) is 3.09. The maximum absolute atomic E-state index is 11.0. The molecular weight excluding hydrogens is 148 g/mol. The maximum Gasteiger partial charge on any atom is 0.327 e. The van der Waals surface area contributed by atoms with Crippen LogP contribution in [0.15, 0.2) is 0 Å². The number of hydrogen-bond donors (Lipinski definition) is 0. The van der Waals surface area contributed by atoms with E-state index in [1.54, 1.807) is 0 Å². The van der Waals surface area contributed by atoms with Gasteiger partial charge in [0.2, 0.25) is 0 Å². The molecule has 5 heteroatoms. The van der Waals surface area contributed by atoms with Crippen LogP contribution in [-0.4, -0.2) is 48.2 Å². The zero-order chi connectivity index (χ0) is 8.59. The largest absolute Gasteiger partial charge is 0.327 e. The number of urea groups is 1. The van der Waals surface area contributed by atoms with Crippen LogP contribution in [0.3, 0.4) is 0 Å². The SMILES string of the molecule is CN1C(=O)C(C=O)N(C)C1=O. The lowest BCUT2D eigenvalue weighted by Gasteiger charge is -2.08. The van der Waals surface area contributed by atoms with E-state index in [2.05, 4.69) is 0 Å². The van der Waals surface area contributed by atoms with Crippen LogP contribution in [0.1, 0.15) is 0 Å². The highest BCUT2D eigenvalue weighted by atomic mass is 16.2. The number of aldehydes is 1. The van der Waals surface area contributed by atoms with Gasteiger partial charge in [0.25, 0.3) is 5.91 Å². The summed E-state index contributed by atoms with van der Waals surface area (Å²) >= 11 is 0. The number of carbonyl (C=O) groups excluding carboxylic acids is 3. The van der Waals surface area contributed by atoms with Gasteiger partial charge in [-0.25, -0.2) is 4.79 Å². The first-order valence-corrected chi connectivity index (χ1v) is 3.09. The van der Waals surface area contributed by atoms with Crippen LogP contribution in [0.2, 0.25) is 0 Å². The van der Waals surface area contributed by atoms with E-state index in [9.17, 15) is 14.4 Å². The topological polar surface area (TPSA) is 57.7 Å². The van der Waals surface area contributed by atoms with Crippen LogP contribution in [0.5, 0.6) is 0 Å². The number of hydrogen-bond acceptors (Lipinski definition) is 3. The number of nitrogens with zero attached hydrogens (tertiary/aromatic N) is 2. The Hall–Kier alpha value is -1.39. The summed E-state index contributed by atoms with van der Waals surface area (Å²) in [5.74, 6) is -0.465. The van der Waals surface area contributed by atoms with Gasteiger partial charge in [-0.1, -0.05) is 0 Å². The molecule has 0 N–H and O–H groups in total. The van der Waals surface area contributed by atoms with Crippen LogP contribution >= 0.6 is 0 Å². The summed E-state index contributed by atoms with van der Waals surface area (Å²) in [6, 6.07) is -1.36. The summed E-state index contributed by atoms with van der Waals surface area (Å²) in [5.41, 5.74) is 0. The van der Waals surface area contributed by atoms with E-state index < -0.39 is 18.0 Å². The molecule has 5 nitrogen and oxygen atoms in total. The standard InChI is InChI=1S/C6H8N2O3/c1-7-4(3-9)5(10)8(2)6(7)11/h3-4H,1-2H3. The van der Waals surface area contributed by atoms with Crippen molar-refractivity contribution in [2.24, 2.45) is 0 Å². The zero-order valence-electron chi connectivity index (χ0n) is 6.27. The average Bonchev–Trinajstić information content (AvgIpc) is 2.17. The van der Waals surface area contributed by atoms with Gasteiger partial charge in [0.1, 0.15) is 0 Å². The van der Waals surface area contributed by atoms with Crippen LogP contribution in [0, 0.1) is 0 Å². The van der Waals surface area contributed by atoms with Gasteiger partial charge in [-0.15, -0.1) is 0 Å². The van der Waals surface area contributed by atoms with Crippen molar-refractivity contribution in [3.63, 3.8) is 0 Å². The molecule has 1 aliphatic heterocycles. The summed E-state index contributed by atoms with van der Waals surface area (Å²) < 4.78 is 0. The average molecular weight is 156 g/mol. The third kappa shape index (κ3) is 0.886. The van der Waals surface area contributed by atoms with E-state index in [-0.39, 0.29) is 0 Å². The molecule has 0 bridgehead atoms. The first-order chi connectivity index (χ1) is 5.09. The first kappa shape index (κ1) is 7.71. The summed E-state index contributed by atoms with van der Waals surface area (Å²) in [6.07, 6.45) is 0.462. The van der Waals surface area contributed by atoms with Gasteiger partial charge in [-0.3, -0.25) is 9.69 Å². The third-order valence-electron chi connectivity index (χ3n) is 1.72. The molecule has 1 atom stereocenters. The van der Waals surface area contributed by atoms with Gasteiger partial charge in [-0.2, -0.15) is 0 Å². The molecule has 60 valence electrons. The molecular formula is C6H8N2O3. The Morgan fingerprint density at radius 3 is 2.09 bits per heavy atom. The minimum absolute atomic E-state index is 0.438. The fourth-order valence-corrected chi connectivity index (χ4v) is 0.963. The monoisotopic (exact) mass is 156 g/mol. The van der Waals surface area contributed by atoms with Gasteiger partial charge in [0.05, 0.1) is 0 Å². The molecule has 0 aromatic heterocycles.